The number of hydrogen-bond acceptors (Lipinski definition) is 4. The summed E-state index contributed by atoms with van der Waals surface area (Å²) in [5, 5.41) is 14.8. The number of urea groups is 1. The van der Waals surface area contributed by atoms with Crippen molar-refractivity contribution in [2.75, 3.05) is 32.7 Å². The van der Waals surface area contributed by atoms with Gasteiger partial charge in [0.15, 0.2) is 0 Å². The van der Waals surface area contributed by atoms with Crippen LogP contribution in [0.15, 0.2) is 0 Å². The molecule has 7 nitrogen and oxygen atoms in total. The lowest BCUT2D eigenvalue weighted by Gasteiger charge is -2.42. The Kier molecular flexibility index (Phi) is 8.33. The fourth-order valence-electron chi connectivity index (χ4n) is 3.04. The first kappa shape index (κ1) is 19.7. The van der Waals surface area contributed by atoms with Gasteiger partial charge in [0.2, 0.25) is 0 Å². The molecule has 1 aliphatic rings. The lowest BCUT2D eigenvalue weighted by atomic mass is 9.85. The Morgan fingerprint density at radius 1 is 1.17 bits per heavy atom. The first-order valence-corrected chi connectivity index (χ1v) is 8.64. The summed E-state index contributed by atoms with van der Waals surface area (Å²) in [5.74, 6) is -0.800. The number of amides is 2. The SMILES string of the molecule is CCN(CC)CC(C)NC(=O)NC1CC(N(CC)CC(=O)O)C1. The number of rotatable bonds is 10. The minimum atomic E-state index is -0.800. The third kappa shape index (κ3) is 6.74. The van der Waals surface area contributed by atoms with Crippen LogP contribution in [0.5, 0.6) is 0 Å². The van der Waals surface area contributed by atoms with Crippen LogP contribution in [0.2, 0.25) is 0 Å². The molecule has 1 rings (SSSR count). The van der Waals surface area contributed by atoms with Crippen LogP contribution in [0, 0.1) is 0 Å². The highest BCUT2D eigenvalue weighted by molar-refractivity contribution is 5.74. The zero-order chi connectivity index (χ0) is 17.4. The molecule has 0 bridgehead atoms. The number of carboxylic acid groups (broad SMARTS) is 1. The Hall–Kier alpha value is -1.34. The standard InChI is InChI=1S/C16H32N4O3/c1-5-19(6-2)10-12(4)17-16(23)18-13-8-14(9-13)20(7-3)11-15(21)22/h12-14H,5-11H2,1-4H3,(H,21,22)(H2,17,18,23). The van der Waals surface area contributed by atoms with Crippen molar-refractivity contribution < 1.29 is 14.7 Å². The van der Waals surface area contributed by atoms with Gasteiger partial charge in [0.05, 0.1) is 6.54 Å². The fourth-order valence-corrected chi connectivity index (χ4v) is 3.04. The lowest BCUT2D eigenvalue weighted by Crippen LogP contribution is -2.57. The normalized spacial score (nSPS) is 21.8. The number of likely N-dealkylation sites (N-methyl/N-ethyl adjacent to an activating group) is 2. The highest BCUT2D eigenvalue weighted by Gasteiger charge is 2.34. The third-order valence-electron chi connectivity index (χ3n) is 4.51. The van der Waals surface area contributed by atoms with Gasteiger partial charge in [-0.25, -0.2) is 4.79 Å². The van der Waals surface area contributed by atoms with Gasteiger partial charge >= 0.3 is 12.0 Å². The first-order chi connectivity index (χ1) is 10.9. The molecule has 23 heavy (non-hydrogen) atoms. The number of carboxylic acids is 1. The van der Waals surface area contributed by atoms with Crippen LogP contribution in [0.3, 0.4) is 0 Å². The minimum absolute atomic E-state index is 0.0704. The van der Waals surface area contributed by atoms with E-state index in [4.69, 9.17) is 5.11 Å². The van der Waals surface area contributed by atoms with Gasteiger partial charge in [0.25, 0.3) is 0 Å². The molecule has 3 N–H and O–H groups in total. The Bertz CT molecular complexity index is 382. The molecule has 0 aromatic rings. The maximum absolute atomic E-state index is 12.0. The molecule has 1 unspecified atom stereocenters. The Labute approximate surface area is 139 Å². The summed E-state index contributed by atoms with van der Waals surface area (Å²) in [4.78, 5) is 27.0. The molecular formula is C16H32N4O3. The van der Waals surface area contributed by atoms with Crippen LogP contribution in [0.25, 0.3) is 0 Å². The molecule has 1 aliphatic carbocycles. The van der Waals surface area contributed by atoms with Crippen LogP contribution < -0.4 is 10.6 Å². The van der Waals surface area contributed by atoms with Gasteiger partial charge in [-0.05, 0) is 39.4 Å². The van der Waals surface area contributed by atoms with E-state index in [0.29, 0.717) is 0 Å². The van der Waals surface area contributed by atoms with Gasteiger partial charge in [0, 0.05) is 24.7 Å². The molecule has 1 fully saturated rings. The van der Waals surface area contributed by atoms with E-state index in [1.807, 2.05) is 18.7 Å². The molecule has 0 aliphatic heterocycles. The van der Waals surface area contributed by atoms with Crippen molar-refractivity contribution in [3.05, 3.63) is 0 Å². The van der Waals surface area contributed by atoms with Crippen molar-refractivity contribution >= 4 is 12.0 Å². The summed E-state index contributed by atoms with van der Waals surface area (Å²) in [6, 6.07) is 0.373. The number of nitrogens with one attached hydrogen (secondary N) is 2. The van der Waals surface area contributed by atoms with E-state index in [9.17, 15) is 9.59 Å². The fraction of sp³-hybridized carbons (Fsp3) is 0.875. The molecule has 0 heterocycles. The number of hydrogen-bond donors (Lipinski definition) is 3. The molecular weight excluding hydrogens is 296 g/mol. The van der Waals surface area contributed by atoms with E-state index in [1.54, 1.807) is 0 Å². The average molecular weight is 328 g/mol. The van der Waals surface area contributed by atoms with Gasteiger partial charge in [-0.2, -0.15) is 0 Å². The average Bonchev–Trinajstić information content (AvgIpc) is 2.45. The summed E-state index contributed by atoms with van der Waals surface area (Å²) in [6.45, 7) is 11.8. The molecule has 0 aromatic carbocycles. The monoisotopic (exact) mass is 328 g/mol. The summed E-state index contributed by atoms with van der Waals surface area (Å²) in [5.41, 5.74) is 0. The largest absolute Gasteiger partial charge is 0.480 e. The van der Waals surface area contributed by atoms with Gasteiger partial charge in [-0.15, -0.1) is 0 Å². The topological polar surface area (TPSA) is 84.9 Å². The van der Waals surface area contributed by atoms with Crippen LogP contribution in [0.1, 0.15) is 40.5 Å². The highest BCUT2D eigenvalue weighted by Crippen LogP contribution is 2.25. The van der Waals surface area contributed by atoms with Crippen molar-refractivity contribution in [3.63, 3.8) is 0 Å². The number of aliphatic carboxylic acids is 1. The van der Waals surface area contributed by atoms with Gasteiger partial charge in [-0.1, -0.05) is 20.8 Å². The Morgan fingerprint density at radius 3 is 2.26 bits per heavy atom. The molecule has 0 radical (unpaired) electrons. The maximum atomic E-state index is 12.0. The van der Waals surface area contributed by atoms with Crippen molar-refractivity contribution in [2.24, 2.45) is 0 Å². The highest BCUT2D eigenvalue weighted by atomic mass is 16.4. The third-order valence-corrected chi connectivity index (χ3v) is 4.51. The molecule has 134 valence electrons. The van der Waals surface area contributed by atoms with Crippen LogP contribution >= 0.6 is 0 Å². The molecule has 1 atom stereocenters. The second-order valence-electron chi connectivity index (χ2n) is 6.28. The second-order valence-corrected chi connectivity index (χ2v) is 6.28. The zero-order valence-electron chi connectivity index (χ0n) is 14.8. The number of carbonyl (C=O) groups is 2. The first-order valence-electron chi connectivity index (χ1n) is 8.64. The van der Waals surface area contributed by atoms with E-state index >= 15 is 0 Å². The molecule has 2 amide bonds. The van der Waals surface area contributed by atoms with Gasteiger partial charge in [0.1, 0.15) is 0 Å². The lowest BCUT2D eigenvalue weighted by molar-refractivity contribution is -0.139. The van der Waals surface area contributed by atoms with Gasteiger partial charge < -0.3 is 20.6 Å². The van der Waals surface area contributed by atoms with Gasteiger partial charge in [-0.3, -0.25) is 9.69 Å². The minimum Gasteiger partial charge on any atom is -0.480 e. The predicted octanol–water partition coefficient (Wildman–Crippen LogP) is 0.953. The predicted molar refractivity (Wildman–Crippen MR) is 90.6 cm³/mol. The summed E-state index contributed by atoms with van der Waals surface area (Å²) in [7, 11) is 0. The van der Waals surface area contributed by atoms with E-state index in [0.717, 1.165) is 39.0 Å². The molecule has 0 spiro atoms. The Morgan fingerprint density at radius 2 is 1.78 bits per heavy atom. The van der Waals surface area contributed by atoms with E-state index < -0.39 is 5.97 Å². The van der Waals surface area contributed by atoms with Crippen molar-refractivity contribution in [3.8, 4) is 0 Å². The smallest absolute Gasteiger partial charge is 0.317 e. The maximum Gasteiger partial charge on any atom is 0.317 e. The van der Waals surface area contributed by atoms with Crippen molar-refractivity contribution in [1.82, 2.24) is 20.4 Å². The van der Waals surface area contributed by atoms with E-state index in [1.165, 1.54) is 0 Å². The van der Waals surface area contributed by atoms with E-state index in [2.05, 4.69) is 29.4 Å². The second kappa shape index (κ2) is 9.72. The summed E-state index contributed by atoms with van der Waals surface area (Å²) in [6.07, 6.45) is 1.64. The quantitative estimate of drug-likeness (QED) is 0.556. The Balaban J connectivity index is 2.26. The summed E-state index contributed by atoms with van der Waals surface area (Å²) >= 11 is 0. The molecule has 0 aromatic heterocycles. The van der Waals surface area contributed by atoms with Crippen LogP contribution in [-0.4, -0.2) is 77.8 Å². The van der Waals surface area contributed by atoms with Crippen LogP contribution in [-0.2, 0) is 4.79 Å². The van der Waals surface area contributed by atoms with Crippen LogP contribution in [0.4, 0.5) is 4.79 Å². The molecule has 1 saturated carbocycles. The van der Waals surface area contributed by atoms with E-state index in [-0.39, 0.29) is 30.7 Å². The summed E-state index contributed by atoms with van der Waals surface area (Å²) < 4.78 is 0. The number of nitrogens with zero attached hydrogens (tertiary/aromatic N) is 2. The zero-order valence-corrected chi connectivity index (χ0v) is 14.8. The molecule has 7 heteroatoms. The van der Waals surface area contributed by atoms with Crippen molar-refractivity contribution in [1.29, 1.82) is 0 Å². The number of carbonyl (C=O) groups excluding carboxylic acids is 1. The molecule has 0 saturated heterocycles. The van der Waals surface area contributed by atoms with Crippen molar-refractivity contribution in [2.45, 2.75) is 58.7 Å².